The summed E-state index contributed by atoms with van der Waals surface area (Å²) in [5.74, 6) is -0.544. The standard InChI is InChI=1S/C22H30Cl2N10.C14H28O2/c23-15-5-9-17(10-6-15)31-21(27)33-19(25)29-13-3-1-2-4-14-30-20(26)34-22(28)32-18-11-7-16(24)8-12-18;1-2-3-4-5-6-7-8-9-10-11-12-13-14(15)16/h5-12H,1-4,13-14H2,(H5,25,27,29,31,33)(H5,26,28,30,32,34);2-13H2,1H3,(H,15,16). The molecule has 0 saturated carbocycles. The van der Waals surface area contributed by atoms with E-state index in [1.165, 1.54) is 57.8 Å². The number of rotatable bonds is 21. The van der Waals surface area contributed by atoms with Crippen LogP contribution in [0, 0.1) is 21.6 Å². The van der Waals surface area contributed by atoms with Crippen molar-refractivity contribution in [1.29, 1.82) is 21.6 Å². The third-order valence-electron chi connectivity index (χ3n) is 7.43. The smallest absolute Gasteiger partial charge is 0.303 e. The van der Waals surface area contributed by atoms with Gasteiger partial charge in [0.1, 0.15) is 0 Å². The molecule has 2 rings (SSSR count). The van der Waals surface area contributed by atoms with Crippen molar-refractivity contribution in [2.45, 2.75) is 110 Å². The van der Waals surface area contributed by atoms with E-state index in [0.717, 1.165) is 38.5 Å². The second-order valence-corrected chi connectivity index (χ2v) is 12.8. The van der Waals surface area contributed by atoms with Crippen molar-refractivity contribution in [2.75, 3.05) is 23.7 Å². The first-order chi connectivity index (χ1) is 24.1. The van der Waals surface area contributed by atoms with Crippen LogP contribution in [0.15, 0.2) is 48.5 Å². The predicted molar refractivity (Wildman–Crippen MR) is 211 cm³/mol. The molecule has 0 aliphatic heterocycles. The summed E-state index contributed by atoms with van der Waals surface area (Å²) in [4.78, 5) is 10.3. The summed E-state index contributed by atoms with van der Waals surface area (Å²) in [6.45, 7) is 3.49. The van der Waals surface area contributed by atoms with Crippen LogP contribution >= 0.6 is 23.2 Å². The molecule has 0 aliphatic carbocycles. The molecule has 0 radical (unpaired) electrons. The Bertz CT molecular complexity index is 1180. The number of benzene rings is 2. The third-order valence-corrected chi connectivity index (χ3v) is 7.93. The Labute approximate surface area is 308 Å². The molecular formula is C36H58Cl2N10O2. The molecule has 0 aliphatic rings. The lowest BCUT2D eigenvalue weighted by Gasteiger charge is -2.13. The van der Waals surface area contributed by atoms with Crippen LogP contribution in [0.4, 0.5) is 11.4 Å². The SMILES string of the molecule is CCCCCCCCCCCCCC(=O)O.N=C(NCCCCCCNC(=N)NC(=N)Nc1ccc(Cl)cc1)NC(=N)Nc1ccc(Cl)cc1. The number of nitrogens with one attached hydrogen (secondary N) is 10. The summed E-state index contributed by atoms with van der Waals surface area (Å²) < 4.78 is 0. The average Bonchev–Trinajstić information content (AvgIpc) is 3.07. The van der Waals surface area contributed by atoms with Crippen LogP contribution in [0.5, 0.6) is 0 Å². The van der Waals surface area contributed by atoms with Gasteiger partial charge in [-0.1, -0.05) is 107 Å². The predicted octanol–water partition coefficient (Wildman–Crippen LogP) is 8.95. The molecule has 0 unspecified atom stereocenters. The van der Waals surface area contributed by atoms with Gasteiger partial charge in [-0.2, -0.15) is 0 Å². The van der Waals surface area contributed by atoms with Crippen LogP contribution < -0.4 is 31.9 Å². The highest BCUT2D eigenvalue weighted by molar-refractivity contribution is 6.31. The van der Waals surface area contributed by atoms with Crippen molar-refractivity contribution in [3.63, 3.8) is 0 Å². The van der Waals surface area contributed by atoms with Crippen LogP contribution in [-0.4, -0.2) is 48.0 Å². The topological polar surface area (TPSA) is 205 Å². The highest BCUT2D eigenvalue weighted by atomic mass is 35.5. The minimum Gasteiger partial charge on any atom is -0.481 e. The van der Waals surface area contributed by atoms with Crippen molar-refractivity contribution >= 4 is 64.4 Å². The summed E-state index contributed by atoms with van der Waals surface area (Å²) >= 11 is 11.7. The molecule has 2 aromatic rings. The summed E-state index contributed by atoms with van der Waals surface area (Å²) in [5, 5.41) is 58.0. The molecule has 0 amide bonds. The first-order valence-corrected chi connectivity index (χ1v) is 18.5. The molecule has 0 bridgehead atoms. The minimum atomic E-state index is -0.657. The van der Waals surface area contributed by atoms with Crippen molar-refractivity contribution < 1.29 is 9.90 Å². The zero-order chi connectivity index (χ0) is 36.8. The lowest BCUT2D eigenvalue weighted by atomic mass is 10.1. The first kappa shape index (κ1) is 44.0. The molecule has 2 aromatic carbocycles. The van der Waals surface area contributed by atoms with Crippen LogP contribution in [0.2, 0.25) is 10.0 Å². The molecular weight excluding hydrogens is 675 g/mol. The molecule has 14 heteroatoms. The average molecular weight is 734 g/mol. The Morgan fingerprint density at radius 1 is 0.540 bits per heavy atom. The van der Waals surface area contributed by atoms with Crippen LogP contribution in [0.25, 0.3) is 0 Å². The zero-order valence-corrected chi connectivity index (χ0v) is 31.0. The molecule has 0 heterocycles. The lowest BCUT2D eigenvalue weighted by Crippen LogP contribution is -2.43. The number of aliphatic carboxylic acids is 1. The number of hydrogen-bond acceptors (Lipinski definition) is 5. The Hall–Kier alpha value is -4.03. The number of carbonyl (C=O) groups is 1. The maximum Gasteiger partial charge on any atom is 0.303 e. The fourth-order valence-electron chi connectivity index (χ4n) is 4.73. The van der Waals surface area contributed by atoms with Gasteiger partial charge in [0.2, 0.25) is 0 Å². The molecule has 12 nitrogen and oxygen atoms in total. The second-order valence-electron chi connectivity index (χ2n) is 12.0. The fraction of sp³-hybridized carbons (Fsp3) is 0.528. The molecule has 0 atom stereocenters. The molecule has 0 saturated heterocycles. The summed E-state index contributed by atoms with van der Waals surface area (Å²) in [5.41, 5.74) is 1.42. The minimum absolute atomic E-state index is 0.00148. The molecule has 278 valence electrons. The van der Waals surface area contributed by atoms with Gasteiger partial charge in [-0.15, -0.1) is 0 Å². The highest BCUT2D eigenvalue weighted by Gasteiger charge is 2.03. The van der Waals surface area contributed by atoms with E-state index in [1.807, 2.05) is 0 Å². The number of guanidine groups is 4. The van der Waals surface area contributed by atoms with E-state index in [1.54, 1.807) is 48.5 Å². The number of carboxylic acids is 1. The number of halogens is 2. The van der Waals surface area contributed by atoms with E-state index < -0.39 is 5.97 Å². The Morgan fingerprint density at radius 3 is 1.24 bits per heavy atom. The summed E-state index contributed by atoms with van der Waals surface area (Å²) in [6.07, 6.45) is 18.1. The van der Waals surface area contributed by atoms with Gasteiger partial charge in [0.05, 0.1) is 0 Å². The largest absolute Gasteiger partial charge is 0.481 e. The van der Waals surface area contributed by atoms with Crippen molar-refractivity contribution in [3.8, 4) is 0 Å². The molecule has 0 fully saturated rings. The molecule has 0 aromatic heterocycles. The van der Waals surface area contributed by atoms with Crippen molar-refractivity contribution in [3.05, 3.63) is 58.6 Å². The van der Waals surface area contributed by atoms with Crippen molar-refractivity contribution in [1.82, 2.24) is 21.3 Å². The number of unbranched alkanes of at least 4 members (excludes halogenated alkanes) is 13. The normalized spacial score (nSPS) is 10.2. The van der Waals surface area contributed by atoms with Crippen LogP contribution in [0.1, 0.15) is 110 Å². The highest BCUT2D eigenvalue weighted by Crippen LogP contribution is 2.14. The Morgan fingerprint density at radius 2 is 0.880 bits per heavy atom. The van der Waals surface area contributed by atoms with E-state index >= 15 is 0 Å². The number of carboxylic acid groups (broad SMARTS) is 1. The maximum atomic E-state index is 10.3. The molecule has 11 N–H and O–H groups in total. The van der Waals surface area contributed by atoms with Gasteiger partial charge >= 0.3 is 5.97 Å². The van der Waals surface area contributed by atoms with E-state index in [9.17, 15) is 4.79 Å². The van der Waals surface area contributed by atoms with Crippen LogP contribution in [-0.2, 0) is 4.79 Å². The van der Waals surface area contributed by atoms with Gasteiger partial charge < -0.3 is 26.4 Å². The summed E-state index contributed by atoms with van der Waals surface area (Å²) in [7, 11) is 0. The molecule has 50 heavy (non-hydrogen) atoms. The van der Waals surface area contributed by atoms with E-state index in [4.69, 9.17) is 49.9 Å². The van der Waals surface area contributed by atoms with Crippen LogP contribution in [0.3, 0.4) is 0 Å². The van der Waals surface area contributed by atoms with Gasteiger partial charge in [0, 0.05) is 40.9 Å². The van der Waals surface area contributed by atoms with Gasteiger partial charge in [-0.05, 0) is 67.8 Å². The summed E-state index contributed by atoms with van der Waals surface area (Å²) in [6, 6.07) is 13.9. The van der Waals surface area contributed by atoms with E-state index in [0.29, 0.717) is 40.9 Å². The van der Waals surface area contributed by atoms with Gasteiger partial charge in [-0.25, -0.2) is 0 Å². The van der Waals surface area contributed by atoms with E-state index in [-0.39, 0.29) is 23.8 Å². The number of anilines is 2. The fourth-order valence-corrected chi connectivity index (χ4v) is 4.98. The van der Waals surface area contributed by atoms with E-state index in [2.05, 4.69) is 38.8 Å². The second kappa shape index (κ2) is 28.8. The quantitative estimate of drug-likeness (QED) is 0.0339. The number of hydrogen-bond donors (Lipinski definition) is 11. The van der Waals surface area contributed by atoms with Crippen molar-refractivity contribution in [2.24, 2.45) is 0 Å². The lowest BCUT2D eigenvalue weighted by molar-refractivity contribution is -0.137. The molecule has 0 spiro atoms. The monoisotopic (exact) mass is 732 g/mol. The van der Waals surface area contributed by atoms with Gasteiger partial charge in [-0.3, -0.25) is 37.1 Å². The Balaban J connectivity index is 0.000000657. The zero-order valence-electron chi connectivity index (χ0n) is 29.5. The first-order valence-electron chi connectivity index (χ1n) is 17.7. The third kappa shape index (κ3) is 25.9. The maximum absolute atomic E-state index is 10.3. The Kier molecular flexibility index (Phi) is 25.3. The van der Waals surface area contributed by atoms with Gasteiger partial charge in [0.15, 0.2) is 23.8 Å². The van der Waals surface area contributed by atoms with Gasteiger partial charge in [0.25, 0.3) is 0 Å².